The molecule has 4 heteroatoms. The highest BCUT2D eigenvalue weighted by molar-refractivity contribution is 5.88. The third-order valence-electron chi connectivity index (χ3n) is 15.8. The number of furan rings is 1. The lowest BCUT2D eigenvalue weighted by molar-refractivity contribution is -0.224. The van der Waals surface area contributed by atoms with E-state index in [1.165, 1.54) is 73.8 Å². The molecule has 7 rings (SSSR count). The molecule has 0 aliphatic heterocycles. The number of fused-ring (bicyclic) bond motifs is 7. The summed E-state index contributed by atoms with van der Waals surface area (Å²) in [6.07, 6.45) is 17.9. The number of nitrogens with zero attached hydrogens (tertiary/aromatic N) is 1. The van der Waals surface area contributed by atoms with Gasteiger partial charge in [0.1, 0.15) is 6.26 Å². The number of aromatic carboxylic acids is 1. The van der Waals surface area contributed by atoms with E-state index < -0.39 is 5.97 Å². The van der Waals surface area contributed by atoms with Gasteiger partial charge in [-0.2, -0.15) is 0 Å². The highest BCUT2D eigenvalue weighted by Crippen LogP contribution is 2.77. The Morgan fingerprint density at radius 3 is 2.33 bits per heavy atom. The topological polar surface area (TPSA) is 53.7 Å². The Morgan fingerprint density at radius 2 is 1.67 bits per heavy atom. The van der Waals surface area contributed by atoms with Crippen LogP contribution in [-0.2, 0) is 0 Å². The first-order chi connectivity index (χ1) is 21.7. The summed E-state index contributed by atoms with van der Waals surface area (Å²) in [4.78, 5) is 14.0. The van der Waals surface area contributed by atoms with Crippen LogP contribution in [0.25, 0.3) is 5.57 Å². The molecule has 1 aromatic carbocycles. The van der Waals surface area contributed by atoms with Gasteiger partial charge in [0, 0.05) is 13.6 Å². The molecular formula is C42H57NO3. The summed E-state index contributed by atoms with van der Waals surface area (Å²) < 4.78 is 5.50. The van der Waals surface area contributed by atoms with E-state index in [9.17, 15) is 9.90 Å². The summed E-state index contributed by atoms with van der Waals surface area (Å²) in [6, 6.07) is 9.75. The van der Waals surface area contributed by atoms with Crippen molar-refractivity contribution in [2.45, 2.75) is 99.3 Å². The lowest BCUT2D eigenvalue weighted by atomic mass is 9.32. The predicted octanol–water partition coefficient (Wildman–Crippen LogP) is 10.8. The molecule has 9 atom stereocenters. The molecule has 1 heterocycles. The van der Waals surface area contributed by atoms with Crippen molar-refractivity contribution in [1.29, 1.82) is 0 Å². The molecule has 248 valence electrons. The first-order valence-corrected chi connectivity index (χ1v) is 18.1. The molecular weight excluding hydrogens is 566 g/mol. The van der Waals surface area contributed by atoms with Crippen LogP contribution in [0.1, 0.15) is 115 Å². The second kappa shape index (κ2) is 10.6. The molecule has 4 nitrogen and oxygen atoms in total. The Kier molecular flexibility index (Phi) is 7.35. The zero-order chi connectivity index (χ0) is 32.9. The highest BCUT2D eigenvalue weighted by atomic mass is 16.4. The first kappa shape index (κ1) is 31.8. The fraction of sp³-hybridized carbons (Fsp3) is 0.643. The van der Waals surface area contributed by atoms with Crippen LogP contribution in [-0.4, -0.2) is 24.7 Å². The van der Waals surface area contributed by atoms with Gasteiger partial charge in [0.25, 0.3) is 0 Å². The lowest BCUT2D eigenvalue weighted by Crippen LogP contribution is -2.65. The number of carboxylic acid groups (broad SMARTS) is 1. The third kappa shape index (κ3) is 4.33. The van der Waals surface area contributed by atoms with Gasteiger partial charge in [-0.1, -0.05) is 65.0 Å². The summed E-state index contributed by atoms with van der Waals surface area (Å²) in [6.45, 7) is 21.1. The van der Waals surface area contributed by atoms with Gasteiger partial charge in [-0.15, -0.1) is 0 Å². The van der Waals surface area contributed by atoms with Crippen LogP contribution in [0.2, 0.25) is 0 Å². The molecule has 4 fully saturated rings. The zero-order valence-electron chi connectivity index (χ0n) is 29.5. The molecule has 0 amide bonds. The molecule has 1 N–H and O–H groups in total. The average molecular weight is 624 g/mol. The van der Waals surface area contributed by atoms with E-state index in [1.807, 2.05) is 24.7 Å². The molecule has 2 aromatic rings. The van der Waals surface area contributed by atoms with Crippen LogP contribution in [0.4, 0.5) is 5.69 Å². The third-order valence-corrected chi connectivity index (χ3v) is 15.8. The Bertz CT molecular complexity index is 1530. The average Bonchev–Trinajstić information content (AvgIpc) is 3.67. The molecule has 5 aliphatic rings. The van der Waals surface area contributed by atoms with Crippen molar-refractivity contribution < 1.29 is 14.3 Å². The molecule has 4 saturated carbocycles. The Balaban J connectivity index is 1.22. The van der Waals surface area contributed by atoms with Gasteiger partial charge < -0.3 is 14.4 Å². The van der Waals surface area contributed by atoms with E-state index in [0.29, 0.717) is 45.5 Å². The van der Waals surface area contributed by atoms with Crippen molar-refractivity contribution in [1.82, 2.24) is 0 Å². The van der Waals surface area contributed by atoms with Gasteiger partial charge in [0.15, 0.2) is 0 Å². The van der Waals surface area contributed by atoms with Crippen molar-refractivity contribution in [3.8, 4) is 0 Å². The van der Waals surface area contributed by atoms with Gasteiger partial charge in [0.2, 0.25) is 0 Å². The lowest BCUT2D eigenvalue weighted by Gasteiger charge is -2.72. The molecule has 0 spiro atoms. The number of anilines is 1. The molecule has 0 unspecified atom stereocenters. The first-order valence-electron chi connectivity index (χ1n) is 18.1. The number of benzene rings is 1. The standard InChI is InChI=1S/C42H57NO3/c1-27(2)31-15-21-42(26-43(8)30-18-24-46-25-30)23-22-40(6)33(36(31)42)13-14-35-39(5)19-16-32(28-9-11-29(12-10-28)37(44)45)38(3,4)34(39)17-20-41(35,40)7/h9-12,16,18,24-25,31,33-36H,1,13-15,17,19-23,26H2,2-8H3,(H,44,45)/t31-,33+,34-,35+,36+,39-,40+,41+,42+/m0/s1. The fourth-order valence-electron chi connectivity index (χ4n) is 13.5. The van der Waals surface area contributed by atoms with E-state index in [4.69, 9.17) is 4.42 Å². The smallest absolute Gasteiger partial charge is 0.335 e. The highest BCUT2D eigenvalue weighted by Gasteiger charge is 2.70. The van der Waals surface area contributed by atoms with Gasteiger partial charge in [-0.3, -0.25) is 0 Å². The summed E-state index contributed by atoms with van der Waals surface area (Å²) >= 11 is 0. The van der Waals surface area contributed by atoms with Crippen LogP contribution < -0.4 is 4.90 Å². The van der Waals surface area contributed by atoms with Crippen LogP contribution in [0.5, 0.6) is 0 Å². The van der Waals surface area contributed by atoms with Crippen molar-refractivity contribution in [2.24, 2.45) is 56.7 Å². The van der Waals surface area contributed by atoms with Crippen molar-refractivity contribution in [3.63, 3.8) is 0 Å². The normalized spacial score (nSPS) is 40.9. The number of rotatable bonds is 6. The number of allylic oxidation sites excluding steroid dienone is 3. The minimum absolute atomic E-state index is 0.0344. The maximum Gasteiger partial charge on any atom is 0.335 e. The van der Waals surface area contributed by atoms with E-state index in [0.717, 1.165) is 18.9 Å². The second-order valence-corrected chi connectivity index (χ2v) is 17.8. The van der Waals surface area contributed by atoms with Gasteiger partial charge in [-0.25, -0.2) is 4.79 Å². The zero-order valence-corrected chi connectivity index (χ0v) is 29.5. The number of carboxylic acids is 1. The monoisotopic (exact) mass is 623 g/mol. The van der Waals surface area contributed by atoms with Gasteiger partial charge >= 0.3 is 5.97 Å². The summed E-state index contributed by atoms with van der Waals surface area (Å²) in [7, 11) is 2.27. The maximum absolute atomic E-state index is 11.5. The van der Waals surface area contributed by atoms with E-state index >= 15 is 0 Å². The number of carbonyl (C=O) groups is 1. The summed E-state index contributed by atoms with van der Waals surface area (Å²) in [5, 5.41) is 9.47. The Labute approximate surface area is 277 Å². The second-order valence-electron chi connectivity index (χ2n) is 17.8. The number of hydrogen-bond acceptors (Lipinski definition) is 3. The van der Waals surface area contributed by atoms with Crippen LogP contribution in [0.3, 0.4) is 0 Å². The molecule has 1 aromatic heterocycles. The summed E-state index contributed by atoms with van der Waals surface area (Å²) in [5.74, 6) is 2.52. The van der Waals surface area contributed by atoms with E-state index in [2.05, 4.69) is 72.2 Å². The van der Waals surface area contributed by atoms with Crippen molar-refractivity contribution in [3.05, 3.63) is 72.2 Å². The minimum atomic E-state index is -0.858. The van der Waals surface area contributed by atoms with Crippen molar-refractivity contribution in [2.75, 3.05) is 18.5 Å². The fourth-order valence-corrected chi connectivity index (χ4v) is 13.5. The molecule has 0 bridgehead atoms. The summed E-state index contributed by atoms with van der Waals surface area (Å²) in [5.41, 5.74) is 6.85. The van der Waals surface area contributed by atoms with E-state index in [-0.39, 0.29) is 10.8 Å². The SMILES string of the molecule is C=C(C)[C@@H]1CC[C@]2(CN(C)c3ccoc3)CC[C@]3(C)[C@H](CC[C@@H]4[C@@]5(C)CC=C(c6ccc(C(=O)O)cc6)C(C)(C)[C@@H]5CC[C@]43C)[C@@H]12. The van der Waals surface area contributed by atoms with Crippen molar-refractivity contribution >= 4 is 17.2 Å². The van der Waals surface area contributed by atoms with Gasteiger partial charge in [-0.05, 0) is 151 Å². The molecule has 46 heavy (non-hydrogen) atoms. The largest absolute Gasteiger partial charge is 0.478 e. The van der Waals surface area contributed by atoms with Crippen LogP contribution >= 0.6 is 0 Å². The Hall–Kier alpha value is -2.75. The molecule has 0 saturated heterocycles. The molecule has 0 radical (unpaired) electrons. The Morgan fingerprint density at radius 1 is 0.935 bits per heavy atom. The quantitative estimate of drug-likeness (QED) is 0.325. The maximum atomic E-state index is 11.5. The minimum Gasteiger partial charge on any atom is -0.478 e. The number of hydrogen-bond donors (Lipinski definition) is 1. The van der Waals surface area contributed by atoms with Gasteiger partial charge in [0.05, 0.1) is 17.5 Å². The van der Waals surface area contributed by atoms with Crippen LogP contribution in [0, 0.1) is 56.7 Å². The van der Waals surface area contributed by atoms with E-state index in [1.54, 1.807) is 12.1 Å². The van der Waals surface area contributed by atoms with Crippen LogP contribution in [0.15, 0.2) is 65.5 Å². The predicted molar refractivity (Wildman–Crippen MR) is 188 cm³/mol. The molecule has 5 aliphatic carbocycles.